The number of aliphatic hydroxyl groups excluding tert-OH is 1. The smallest absolute Gasteiger partial charge is 0.323 e. The molecule has 0 saturated heterocycles. The Morgan fingerprint density at radius 3 is 2.33 bits per heavy atom. The van der Waals surface area contributed by atoms with Gasteiger partial charge in [0.1, 0.15) is 6.04 Å². The molecule has 0 aromatic heterocycles. The Morgan fingerprint density at radius 2 is 2.22 bits per heavy atom. The SMILES string of the molecule is N[C@H](C(=O)O)C(O)CS. The van der Waals surface area contributed by atoms with Gasteiger partial charge in [-0.25, -0.2) is 0 Å². The van der Waals surface area contributed by atoms with Gasteiger partial charge < -0.3 is 15.9 Å². The fraction of sp³-hybridized carbons (Fsp3) is 0.750. The summed E-state index contributed by atoms with van der Waals surface area (Å²) in [6.45, 7) is 0. The van der Waals surface area contributed by atoms with Gasteiger partial charge in [-0.2, -0.15) is 12.6 Å². The van der Waals surface area contributed by atoms with Gasteiger partial charge in [-0.1, -0.05) is 0 Å². The third-order valence-corrected chi connectivity index (χ3v) is 1.26. The van der Waals surface area contributed by atoms with E-state index in [9.17, 15) is 4.79 Å². The van der Waals surface area contributed by atoms with Gasteiger partial charge >= 0.3 is 5.97 Å². The fourth-order valence-electron chi connectivity index (χ4n) is 0.278. The fourth-order valence-corrected chi connectivity index (χ4v) is 0.505. The molecule has 0 fully saturated rings. The van der Waals surface area contributed by atoms with Gasteiger partial charge in [-0.3, -0.25) is 4.79 Å². The van der Waals surface area contributed by atoms with E-state index in [-0.39, 0.29) is 5.75 Å². The lowest BCUT2D eigenvalue weighted by atomic mass is 10.2. The molecule has 0 aliphatic carbocycles. The second-order valence-electron chi connectivity index (χ2n) is 1.61. The van der Waals surface area contributed by atoms with E-state index in [4.69, 9.17) is 15.9 Å². The van der Waals surface area contributed by atoms with Gasteiger partial charge in [0.15, 0.2) is 0 Å². The Labute approximate surface area is 58.1 Å². The van der Waals surface area contributed by atoms with Crippen molar-refractivity contribution in [1.29, 1.82) is 0 Å². The molecule has 2 atom stereocenters. The highest BCUT2D eigenvalue weighted by Crippen LogP contribution is 1.92. The molecule has 0 aromatic carbocycles. The number of carboxylic acids is 1. The zero-order valence-corrected chi connectivity index (χ0v) is 5.58. The maximum Gasteiger partial charge on any atom is 0.323 e. The van der Waals surface area contributed by atoms with Crippen molar-refractivity contribution in [2.45, 2.75) is 12.1 Å². The van der Waals surface area contributed by atoms with E-state index in [2.05, 4.69) is 12.6 Å². The average Bonchev–Trinajstić information content (AvgIpc) is 1.84. The molecule has 0 bridgehead atoms. The molecule has 0 amide bonds. The molecule has 0 aliphatic rings. The van der Waals surface area contributed by atoms with E-state index in [1.54, 1.807) is 0 Å². The Hall–Kier alpha value is -0.260. The van der Waals surface area contributed by atoms with Crippen LogP contribution in [-0.4, -0.2) is 34.1 Å². The molecule has 5 heteroatoms. The highest BCUT2D eigenvalue weighted by molar-refractivity contribution is 7.80. The second-order valence-corrected chi connectivity index (χ2v) is 1.98. The number of hydrogen-bond acceptors (Lipinski definition) is 4. The largest absolute Gasteiger partial charge is 0.480 e. The second kappa shape index (κ2) is 3.71. The first-order valence-corrected chi connectivity index (χ1v) is 3.00. The summed E-state index contributed by atoms with van der Waals surface area (Å²) < 4.78 is 0. The Balaban J connectivity index is 3.72. The summed E-state index contributed by atoms with van der Waals surface area (Å²) >= 11 is 3.66. The lowest BCUT2D eigenvalue weighted by Crippen LogP contribution is -2.42. The van der Waals surface area contributed by atoms with E-state index in [0.717, 1.165) is 0 Å². The molecule has 0 aliphatic heterocycles. The van der Waals surface area contributed by atoms with Gasteiger partial charge in [0.25, 0.3) is 0 Å². The van der Waals surface area contributed by atoms with Crippen molar-refractivity contribution >= 4 is 18.6 Å². The average molecular weight is 151 g/mol. The number of nitrogens with two attached hydrogens (primary N) is 1. The Kier molecular flexibility index (Phi) is 3.60. The minimum atomic E-state index is -1.22. The summed E-state index contributed by atoms with van der Waals surface area (Å²) in [5, 5.41) is 16.9. The van der Waals surface area contributed by atoms with Crippen LogP contribution in [0.3, 0.4) is 0 Å². The monoisotopic (exact) mass is 151 g/mol. The van der Waals surface area contributed by atoms with Crippen molar-refractivity contribution < 1.29 is 15.0 Å². The number of aliphatic hydroxyl groups is 1. The van der Waals surface area contributed by atoms with E-state index >= 15 is 0 Å². The maximum absolute atomic E-state index is 9.98. The van der Waals surface area contributed by atoms with Crippen LogP contribution in [0.25, 0.3) is 0 Å². The Bertz CT molecular complexity index is 108. The first-order valence-electron chi connectivity index (χ1n) is 2.37. The molecule has 4 nitrogen and oxygen atoms in total. The van der Waals surface area contributed by atoms with Crippen LogP contribution in [0.2, 0.25) is 0 Å². The summed E-state index contributed by atoms with van der Waals surface area (Å²) in [5.74, 6) is -1.15. The molecule has 54 valence electrons. The van der Waals surface area contributed by atoms with Gasteiger partial charge in [-0.05, 0) is 0 Å². The van der Waals surface area contributed by atoms with Crippen LogP contribution in [0, 0.1) is 0 Å². The van der Waals surface area contributed by atoms with Crippen LogP contribution < -0.4 is 5.73 Å². The van der Waals surface area contributed by atoms with Crippen LogP contribution in [0.1, 0.15) is 0 Å². The normalized spacial score (nSPS) is 16.8. The third kappa shape index (κ3) is 2.69. The van der Waals surface area contributed by atoms with Crippen molar-refractivity contribution in [3.63, 3.8) is 0 Å². The van der Waals surface area contributed by atoms with Crippen LogP contribution in [0.15, 0.2) is 0 Å². The predicted octanol–water partition coefficient (Wildman–Crippen LogP) is -1.31. The molecule has 0 rings (SSSR count). The molecule has 4 N–H and O–H groups in total. The molecular formula is C4H9NO3S. The first kappa shape index (κ1) is 8.74. The van der Waals surface area contributed by atoms with Gasteiger partial charge in [0, 0.05) is 5.75 Å². The van der Waals surface area contributed by atoms with Crippen LogP contribution in [0.5, 0.6) is 0 Å². The molecule has 0 aromatic rings. The molecular weight excluding hydrogens is 142 g/mol. The molecule has 0 radical (unpaired) electrons. The number of carboxylic acid groups (broad SMARTS) is 1. The van der Waals surface area contributed by atoms with Crippen molar-refractivity contribution in [3.05, 3.63) is 0 Å². The number of carbonyl (C=O) groups is 1. The maximum atomic E-state index is 9.98. The zero-order chi connectivity index (χ0) is 7.44. The predicted molar refractivity (Wildman–Crippen MR) is 35.5 cm³/mol. The summed E-state index contributed by atoms with van der Waals surface area (Å²) in [4.78, 5) is 9.98. The van der Waals surface area contributed by atoms with E-state index in [1.807, 2.05) is 0 Å². The summed E-state index contributed by atoms with van der Waals surface area (Å²) in [7, 11) is 0. The van der Waals surface area contributed by atoms with Gasteiger partial charge in [-0.15, -0.1) is 0 Å². The van der Waals surface area contributed by atoms with E-state index < -0.39 is 18.1 Å². The molecule has 0 spiro atoms. The summed E-state index contributed by atoms with van der Waals surface area (Å²) in [6.07, 6.45) is -1.06. The minimum absolute atomic E-state index is 0.0630. The lowest BCUT2D eigenvalue weighted by Gasteiger charge is -2.10. The number of rotatable bonds is 3. The van der Waals surface area contributed by atoms with Crippen molar-refractivity contribution in [2.24, 2.45) is 5.73 Å². The van der Waals surface area contributed by atoms with Crippen molar-refractivity contribution in [2.75, 3.05) is 5.75 Å². The zero-order valence-electron chi connectivity index (χ0n) is 4.69. The first-order chi connectivity index (χ1) is 4.09. The Morgan fingerprint density at radius 1 is 1.78 bits per heavy atom. The van der Waals surface area contributed by atoms with Crippen molar-refractivity contribution in [3.8, 4) is 0 Å². The molecule has 0 heterocycles. The standard InChI is InChI=1S/C4H9NO3S/c5-3(4(7)8)2(6)1-9/h2-3,6,9H,1,5H2,(H,7,8)/t2?,3-/m0/s1. The molecule has 1 unspecified atom stereocenters. The summed E-state index contributed by atoms with van der Waals surface area (Å²) in [6, 6.07) is -1.22. The molecule has 9 heavy (non-hydrogen) atoms. The summed E-state index contributed by atoms with van der Waals surface area (Å²) in [5.41, 5.74) is 4.97. The van der Waals surface area contributed by atoms with E-state index in [1.165, 1.54) is 0 Å². The van der Waals surface area contributed by atoms with Crippen LogP contribution in [-0.2, 0) is 4.79 Å². The van der Waals surface area contributed by atoms with Crippen LogP contribution >= 0.6 is 12.6 Å². The van der Waals surface area contributed by atoms with E-state index in [0.29, 0.717) is 0 Å². The lowest BCUT2D eigenvalue weighted by molar-refractivity contribution is -0.140. The number of hydrogen-bond donors (Lipinski definition) is 4. The third-order valence-electron chi connectivity index (χ3n) is 0.887. The highest BCUT2D eigenvalue weighted by Gasteiger charge is 2.19. The quantitative estimate of drug-likeness (QED) is 0.377. The van der Waals surface area contributed by atoms with Gasteiger partial charge in [0.05, 0.1) is 6.10 Å². The minimum Gasteiger partial charge on any atom is -0.480 e. The highest BCUT2D eigenvalue weighted by atomic mass is 32.1. The van der Waals surface area contributed by atoms with Crippen molar-refractivity contribution in [1.82, 2.24) is 0 Å². The van der Waals surface area contributed by atoms with Gasteiger partial charge in [0.2, 0.25) is 0 Å². The molecule has 0 saturated carbocycles. The number of thiol groups is 1. The number of aliphatic carboxylic acids is 1. The topological polar surface area (TPSA) is 83.6 Å². The van der Waals surface area contributed by atoms with Crippen LogP contribution in [0.4, 0.5) is 0 Å².